The van der Waals surface area contributed by atoms with Gasteiger partial charge in [-0.25, -0.2) is 4.90 Å². The summed E-state index contributed by atoms with van der Waals surface area (Å²) in [5.41, 5.74) is 2.94. The Morgan fingerprint density at radius 1 is 0.781 bits per heavy atom. The van der Waals surface area contributed by atoms with E-state index in [2.05, 4.69) is 4.90 Å². The lowest BCUT2D eigenvalue weighted by molar-refractivity contribution is -0.119. The van der Waals surface area contributed by atoms with Gasteiger partial charge in [0.2, 0.25) is 0 Å². The first-order chi connectivity index (χ1) is 15.7. The molecular formula is C26H24N2O3S. The Morgan fingerprint density at radius 3 is 2.19 bits per heavy atom. The smallest absolute Gasteiger partial charge is 0.272 e. The van der Waals surface area contributed by atoms with Gasteiger partial charge in [-0.3, -0.25) is 9.59 Å². The molecule has 1 aromatic heterocycles. The highest BCUT2D eigenvalue weighted by Crippen LogP contribution is 2.40. The van der Waals surface area contributed by atoms with Crippen LogP contribution in [0.3, 0.4) is 0 Å². The molecule has 2 aliphatic heterocycles. The summed E-state index contributed by atoms with van der Waals surface area (Å²) >= 11 is 1.35. The van der Waals surface area contributed by atoms with E-state index in [9.17, 15) is 9.59 Å². The zero-order chi connectivity index (χ0) is 21.9. The average molecular weight is 445 g/mol. The molecule has 162 valence electrons. The van der Waals surface area contributed by atoms with Crippen molar-refractivity contribution in [2.75, 3.05) is 22.9 Å². The Bertz CT molecular complexity index is 1130. The number of imide groups is 1. The number of carbonyl (C=O) groups is 2. The first-order valence-corrected chi connectivity index (χ1v) is 11.9. The molecule has 0 unspecified atom stereocenters. The van der Waals surface area contributed by atoms with E-state index >= 15 is 0 Å². The van der Waals surface area contributed by atoms with Gasteiger partial charge in [0.25, 0.3) is 11.8 Å². The molecule has 2 amide bonds. The molecule has 2 aliphatic rings. The number of hydrogen-bond acceptors (Lipinski definition) is 5. The van der Waals surface area contributed by atoms with Gasteiger partial charge in [0.05, 0.1) is 28.2 Å². The molecular weight excluding hydrogens is 420 g/mol. The number of piperidine rings is 1. The number of thioether (sulfide) groups is 1. The number of hydrogen-bond donors (Lipinski definition) is 0. The van der Waals surface area contributed by atoms with Gasteiger partial charge in [-0.1, -0.05) is 30.3 Å². The van der Waals surface area contributed by atoms with E-state index < -0.39 is 0 Å². The molecule has 0 spiro atoms. The van der Waals surface area contributed by atoms with Crippen molar-refractivity contribution in [3.63, 3.8) is 0 Å². The van der Waals surface area contributed by atoms with E-state index in [0.717, 1.165) is 30.1 Å². The number of nitrogens with zero attached hydrogens (tertiary/aromatic N) is 2. The van der Waals surface area contributed by atoms with Crippen molar-refractivity contribution in [1.29, 1.82) is 0 Å². The number of carbonyl (C=O) groups excluding carboxylic acids is 2. The molecule has 3 aromatic rings. The van der Waals surface area contributed by atoms with Crippen molar-refractivity contribution in [1.82, 2.24) is 0 Å². The second kappa shape index (κ2) is 9.09. The fraction of sp³-hybridized carbons (Fsp3) is 0.231. The quantitative estimate of drug-likeness (QED) is 0.471. The lowest BCUT2D eigenvalue weighted by Crippen LogP contribution is -2.32. The third-order valence-electron chi connectivity index (χ3n) is 5.87. The fourth-order valence-electron chi connectivity index (χ4n) is 4.24. The van der Waals surface area contributed by atoms with E-state index in [-0.39, 0.29) is 11.8 Å². The summed E-state index contributed by atoms with van der Waals surface area (Å²) in [7, 11) is 0. The van der Waals surface area contributed by atoms with Crippen molar-refractivity contribution in [3.05, 3.63) is 89.2 Å². The van der Waals surface area contributed by atoms with Gasteiger partial charge in [-0.05, 0) is 61.2 Å². The summed E-state index contributed by atoms with van der Waals surface area (Å²) in [4.78, 5) is 31.0. The van der Waals surface area contributed by atoms with Gasteiger partial charge in [-0.15, -0.1) is 11.8 Å². The Hall–Kier alpha value is -3.25. The first kappa shape index (κ1) is 20.6. The van der Waals surface area contributed by atoms with Gasteiger partial charge < -0.3 is 9.32 Å². The first-order valence-electron chi connectivity index (χ1n) is 10.9. The van der Waals surface area contributed by atoms with E-state index in [1.54, 1.807) is 6.26 Å². The summed E-state index contributed by atoms with van der Waals surface area (Å²) in [6, 6.07) is 20.9. The third-order valence-corrected chi connectivity index (χ3v) is 6.97. The highest BCUT2D eigenvalue weighted by Gasteiger charge is 2.40. The van der Waals surface area contributed by atoms with Crippen molar-refractivity contribution in [3.8, 4) is 0 Å². The highest BCUT2D eigenvalue weighted by atomic mass is 32.2. The van der Waals surface area contributed by atoms with Crippen LogP contribution in [0.15, 0.2) is 82.3 Å². The topological polar surface area (TPSA) is 53.8 Å². The SMILES string of the molecule is O=C1C(SCc2ccco2)=C(c2ccccc2)C(=O)N1c1ccc(N2CCCCC2)cc1. The summed E-state index contributed by atoms with van der Waals surface area (Å²) < 4.78 is 5.42. The molecule has 0 N–H and O–H groups in total. The predicted octanol–water partition coefficient (Wildman–Crippen LogP) is 5.49. The van der Waals surface area contributed by atoms with E-state index in [0.29, 0.717) is 21.9 Å². The van der Waals surface area contributed by atoms with Crippen LogP contribution in [0.2, 0.25) is 0 Å². The molecule has 1 fully saturated rings. The Morgan fingerprint density at radius 2 is 1.50 bits per heavy atom. The molecule has 5 nitrogen and oxygen atoms in total. The Balaban J connectivity index is 1.44. The Kier molecular flexibility index (Phi) is 5.86. The molecule has 2 aromatic carbocycles. The van der Waals surface area contributed by atoms with Gasteiger partial charge in [-0.2, -0.15) is 0 Å². The van der Waals surface area contributed by atoms with Crippen LogP contribution < -0.4 is 9.80 Å². The number of furan rings is 1. The maximum Gasteiger partial charge on any atom is 0.272 e. The van der Waals surface area contributed by atoms with Gasteiger partial charge in [0.15, 0.2) is 0 Å². The zero-order valence-electron chi connectivity index (χ0n) is 17.7. The standard InChI is InChI=1S/C26H24N2O3S/c29-25-23(19-8-3-1-4-9-19)24(32-18-22-10-7-17-31-22)26(30)28(25)21-13-11-20(12-14-21)27-15-5-2-6-16-27/h1,3-4,7-14,17H,2,5-6,15-16,18H2. The molecule has 3 heterocycles. The van der Waals surface area contributed by atoms with Gasteiger partial charge >= 0.3 is 0 Å². The van der Waals surface area contributed by atoms with Crippen LogP contribution in [0.1, 0.15) is 30.6 Å². The number of benzene rings is 2. The number of rotatable bonds is 6. The van der Waals surface area contributed by atoms with Crippen molar-refractivity contribution < 1.29 is 14.0 Å². The second-order valence-corrected chi connectivity index (χ2v) is 8.93. The van der Waals surface area contributed by atoms with Gasteiger partial charge in [0, 0.05) is 18.8 Å². The molecule has 32 heavy (non-hydrogen) atoms. The molecule has 0 atom stereocenters. The van der Waals surface area contributed by atoms with Crippen LogP contribution >= 0.6 is 11.8 Å². The summed E-state index contributed by atoms with van der Waals surface area (Å²) in [5.74, 6) is 0.684. The molecule has 1 saturated heterocycles. The largest absolute Gasteiger partial charge is 0.468 e. The van der Waals surface area contributed by atoms with Crippen molar-refractivity contribution in [2.45, 2.75) is 25.0 Å². The van der Waals surface area contributed by atoms with E-state index in [1.165, 1.54) is 35.9 Å². The van der Waals surface area contributed by atoms with Gasteiger partial charge in [0.1, 0.15) is 5.76 Å². The van der Waals surface area contributed by atoms with Crippen LogP contribution in [0, 0.1) is 0 Å². The van der Waals surface area contributed by atoms with E-state index in [4.69, 9.17) is 4.42 Å². The molecule has 6 heteroatoms. The predicted molar refractivity (Wildman–Crippen MR) is 128 cm³/mol. The van der Waals surface area contributed by atoms with Crippen LogP contribution in [-0.4, -0.2) is 24.9 Å². The minimum atomic E-state index is -0.283. The minimum absolute atomic E-state index is 0.281. The van der Waals surface area contributed by atoms with Crippen molar-refractivity contribution in [2.24, 2.45) is 0 Å². The number of amides is 2. The summed E-state index contributed by atoms with van der Waals surface area (Å²) in [6.07, 6.45) is 5.29. The monoisotopic (exact) mass is 444 g/mol. The molecule has 0 saturated carbocycles. The van der Waals surface area contributed by atoms with Crippen LogP contribution in [0.4, 0.5) is 11.4 Å². The summed E-state index contributed by atoms with van der Waals surface area (Å²) in [5, 5.41) is 0. The van der Waals surface area contributed by atoms with E-state index in [1.807, 2.05) is 66.7 Å². The van der Waals surface area contributed by atoms with Crippen LogP contribution in [0.25, 0.3) is 5.57 Å². The minimum Gasteiger partial charge on any atom is -0.468 e. The lowest BCUT2D eigenvalue weighted by atomic mass is 10.1. The highest BCUT2D eigenvalue weighted by molar-refractivity contribution is 8.03. The molecule has 0 aliphatic carbocycles. The number of anilines is 2. The maximum absolute atomic E-state index is 13.5. The van der Waals surface area contributed by atoms with Crippen LogP contribution in [-0.2, 0) is 15.3 Å². The normalized spacial score (nSPS) is 16.9. The molecule has 0 bridgehead atoms. The summed E-state index contributed by atoms with van der Waals surface area (Å²) in [6.45, 7) is 2.10. The lowest BCUT2D eigenvalue weighted by Gasteiger charge is -2.29. The maximum atomic E-state index is 13.5. The van der Waals surface area contributed by atoms with Crippen molar-refractivity contribution >= 4 is 40.5 Å². The average Bonchev–Trinajstić information content (AvgIpc) is 3.45. The fourth-order valence-corrected chi connectivity index (χ4v) is 5.26. The zero-order valence-corrected chi connectivity index (χ0v) is 18.5. The third kappa shape index (κ3) is 3.98. The Labute approximate surface area is 191 Å². The molecule has 5 rings (SSSR count). The van der Waals surface area contributed by atoms with Crippen LogP contribution in [0.5, 0.6) is 0 Å². The molecule has 0 radical (unpaired) electrons. The second-order valence-electron chi connectivity index (χ2n) is 7.95.